The Morgan fingerprint density at radius 1 is 1.06 bits per heavy atom. The van der Waals surface area contributed by atoms with E-state index in [1.54, 1.807) is 12.1 Å². The van der Waals surface area contributed by atoms with E-state index in [-0.39, 0.29) is 17.4 Å². The van der Waals surface area contributed by atoms with Gasteiger partial charge in [0.25, 0.3) is 5.91 Å². The van der Waals surface area contributed by atoms with E-state index < -0.39 is 16.1 Å². The standard InChI is InChI=1S/C24H32N2O6S/c1-4-23(32-21-6-5-18(2)19(3)17-21)24(27)25-11-14-31-20-7-9-22(10-8-20)33(28,29)26-12-15-30-16-13-26/h5-10,17,23H,4,11-16H2,1-3H3,(H,25,27)/t23-/m0/s1. The third kappa shape index (κ3) is 6.69. The minimum absolute atomic E-state index is 0.203. The number of carbonyl (C=O) groups excluding carboxylic acids is 1. The average Bonchev–Trinajstić information content (AvgIpc) is 2.83. The van der Waals surface area contributed by atoms with Crippen molar-refractivity contribution in [2.75, 3.05) is 39.5 Å². The summed E-state index contributed by atoms with van der Waals surface area (Å²) in [5.41, 5.74) is 2.28. The van der Waals surface area contributed by atoms with Crippen LogP contribution >= 0.6 is 0 Å². The van der Waals surface area contributed by atoms with Gasteiger partial charge in [-0.2, -0.15) is 4.31 Å². The van der Waals surface area contributed by atoms with Crippen molar-refractivity contribution in [2.24, 2.45) is 0 Å². The molecule has 3 rings (SSSR count). The van der Waals surface area contributed by atoms with E-state index in [1.807, 2.05) is 39.0 Å². The van der Waals surface area contributed by atoms with Crippen molar-refractivity contribution in [3.05, 3.63) is 53.6 Å². The molecule has 1 fully saturated rings. The van der Waals surface area contributed by atoms with Crippen LogP contribution < -0.4 is 14.8 Å². The summed E-state index contributed by atoms with van der Waals surface area (Å²) >= 11 is 0. The molecule has 0 spiro atoms. The van der Waals surface area contributed by atoms with Crippen molar-refractivity contribution >= 4 is 15.9 Å². The third-order valence-corrected chi connectivity index (χ3v) is 7.43. The highest BCUT2D eigenvalue weighted by Gasteiger charge is 2.26. The first-order valence-corrected chi connectivity index (χ1v) is 12.6. The van der Waals surface area contributed by atoms with Gasteiger partial charge < -0.3 is 19.5 Å². The van der Waals surface area contributed by atoms with Gasteiger partial charge in [0.15, 0.2) is 6.10 Å². The largest absolute Gasteiger partial charge is 0.492 e. The van der Waals surface area contributed by atoms with Crippen LogP contribution in [0.2, 0.25) is 0 Å². The molecule has 2 aromatic carbocycles. The van der Waals surface area contributed by atoms with Gasteiger partial charge in [0.2, 0.25) is 10.0 Å². The van der Waals surface area contributed by atoms with Crippen molar-refractivity contribution in [2.45, 2.75) is 38.2 Å². The number of hydrogen-bond acceptors (Lipinski definition) is 6. The Hall–Kier alpha value is -2.62. The van der Waals surface area contributed by atoms with Gasteiger partial charge in [-0.05, 0) is 67.8 Å². The molecule has 0 saturated carbocycles. The highest BCUT2D eigenvalue weighted by molar-refractivity contribution is 7.89. The Kier molecular flexibility index (Phi) is 8.71. The van der Waals surface area contributed by atoms with Gasteiger partial charge in [0, 0.05) is 13.1 Å². The van der Waals surface area contributed by atoms with Crippen LogP contribution in [0.5, 0.6) is 11.5 Å². The van der Waals surface area contributed by atoms with Gasteiger partial charge in [0.05, 0.1) is 24.7 Å². The summed E-state index contributed by atoms with van der Waals surface area (Å²) in [6.07, 6.45) is -0.0459. The molecule has 0 unspecified atom stereocenters. The number of rotatable bonds is 10. The van der Waals surface area contributed by atoms with Crippen molar-refractivity contribution < 1.29 is 27.4 Å². The maximum atomic E-state index is 12.7. The molecule has 1 atom stereocenters. The Bertz CT molecular complexity index is 1030. The van der Waals surface area contributed by atoms with Gasteiger partial charge in [-0.3, -0.25) is 4.79 Å². The molecular formula is C24H32N2O6S. The molecule has 1 saturated heterocycles. The Morgan fingerprint density at radius 2 is 1.73 bits per heavy atom. The monoisotopic (exact) mass is 476 g/mol. The average molecular weight is 477 g/mol. The first-order chi connectivity index (χ1) is 15.8. The van der Waals surface area contributed by atoms with E-state index in [0.29, 0.717) is 50.8 Å². The van der Waals surface area contributed by atoms with Crippen LogP contribution in [0.1, 0.15) is 24.5 Å². The zero-order valence-corrected chi connectivity index (χ0v) is 20.2. The lowest BCUT2D eigenvalue weighted by Gasteiger charge is -2.26. The highest BCUT2D eigenvalue weighted by atomic mass is 32.2. The molecule has 0 radical (unpaired) electrons. The predicted octanol–water partition coefficient (Wildman–Crippen LogP) is 2.68. The topological polar surface area (TPSA) is 94.2 Å². The molecule has 0 aromatic heterocycles. The fraction of sp³-hybridized carbons (Fsp3) is 0.458. The first-order valence-electron chi connectivity index (χ1n) is 11.1. The summed E-state index contributed by atoms with van der Waals surface area (Å²) in [5.74, 6) is 0.998. The van der Waals surface area contributed by atoms with Gasteiger partial charge in [-0.25, -0.2) is 8.42 Å². The molecule has 180 valence electrons. The second kappa shape index (κ2) is 11.5. The highest BCUT2D eigenvalue weighted by Crippen LogP contribution is 2.21. The Labute approximate surface area is 195 Å². The molecule has 0 aliphatic carbocycles. The number of hydrogen-bond donors (Lipinski definition) is 1. The zero-order valence-electron chi connectivity index (χ0n) is 19.4. The number of nitrogens with one attached hydrogen (secondary N) is 1. The number of ether oxygens (including phenoxy) is 3. The Morgan fingerprint density at radius 3 is 2.36 bits per heavy atom. The smallest absolute Gasteiger partial charge is 0.261 e. The fourth-order valence-corrected chi connectivity index (χ4v) is 4.78. The van der Waals surface area contributed by atoms with Crippen LogP contribution in [0.25, 0.3) is 0 Å². The number of morpholine rings is 1. The number of carbonyl (C=O) groups is 1. The van der Waals surface area contributed by atoms with Crippen molar-refractivity contribution in [3.8, 4) is 11.5 Å². The minimum Gasteiger partial charge on any atom is -0.492 e. The lowest BCUT2D eigenvalue weighted by atomic mass is 10.1. The zero-order chi connectivity index (χ0) is 23.8. The van der Waals surface area contributed by atoms with Gasteiger partial charge in [-0.1, -0.05) is 13.0 Å². The van der Waals surface area contributed by atoms with Crippen LogP contribution in [0.4, 0.5) is 0 Å². The molecule has 1 aliphatic heterocycles. The number of sulfonamides is 1. The van der Waals surface area contributed by atoms with Gasteiger partial charge in [-0.15, -0.1) is 0 Å². The quantitative estimate of drug-likeness (QED) is 0.530. The van der Waals surface area contributed by atoms with Crippen molar-refractivity contribution in [1.29, 1.82) is 0 Å². The molecule has 1 heterocycles. The number of benzene rings is 2. The van der Waals surface area contributed by atoms with Crippen molar-refractivity contribution in [1.82, 2.24) is 9.62 Å². The second-order valence-electron chi connectivity index (χ2n) is 7.89. The Balaban J connectivity index is 1.45. The molecule has 33 heavy (non-hydrogen) atoms. The molecule has 0 bridgehead atoms. The predicted molar refractivity (Wildman–Crippen MR) is 125 cm³/mol. The van der Waals surface area contributed by atoms with Crippen LogP contribution in [-0.2, 0) is 19.6 Å². The van der Waals surface area contributed by atoms with Crippen LogP contribution in [0.15, 0.2) is 47.4 Å². The van der Waals surface area contributed by atoms with Crippen LogP contribution in [0, 0.1) is 13.8 Å². The molecule has 1 aliphatic rings. The maximum absolute atomic E-state index is 12.7. The summed E-state index contributed by atoms with van der Waals surface area (Å²) in [6.45, 7) is 8.00. The van der Waals surface area contributed by atoms with Gasteiger partial charge >= 0.3 is 0 Å². The lowest BCUT2D eigenvalue weighted by molar-refractivity contribution is -0.128. The maximum Gasteiger partial charge on any atom is 0.261 e. The summed E-state index contributed by atoms with van der Waals surface area (Å²) in [7, 11) is -3.53. The number of amides is 1. The normalized spacial score (nSPS) is 15.6. The van der Waals surface area contributed by atoms with E-state index >= 15 is 0 Å². The second-order valence-corrected chi connectivity index (χ2v) is 9.83. The van der Waals surface area contributed by atoms with E-state index in [4.69, 9.17) is 14.2 Å². The van der Waals surface area contributed by atoms with E-state index in [9.17, 15) is 13.2 Å². The molecule has 1 N–H and O–H groups in total. The minimum atomic E-state index is -3.53. The molecular weight excluding hydrogens is 444 g/mol. The van der Waals surface area contributed by atoms with Gasteiger partial charge in [0.1, 0.15) is 18.1 Å². The van der Waals surface area contributed by atoms with E-state index in [2.05, 4.69) is 5.32 Å². The third-order valence-electron chi connectivity index (χ3n) is 5.52. The summed E-state index contributed by atoms with van der Waals surface area (Å²) in [4.78, 5) is 12.7. The SMILES string of the molecule is CC[C@H](Oc1ccc(C)c(C)c1)C(=O)NCCOc1ccc(S(=O)(=O)N2CCOCC2)cc1. The van der Waals surface area contributed by atoms with Crippen LogP contribution in [0.3, 0.4) is 0 Å². The molecule has 8 nitrogen and oxygen atoms in total. The van der Waals surface area contributed by atoms with Crippen LogP contribution in [-0.4, -0.2) is 64.2 Å². The summed E-state index contributed by atoms with van der Waals surface area (Å²) in [5, 5.41) is 2.83. The molecule has 2 aromatic rings. The van der Waals surface area contributed by atoms with E-state index in [1.165, 1.54) is 22.0 Å². The molecule has 1 amide bonds. The number of aryl methyl sites for hydroxylation is 2. The van der Waals surface area contributed by atoms with E-state index in [0.717, 1.165) is 5.56 Å². The van der Waals surface area contributed by atoms with Crippen molar-refractivity contribution in [3.63, 3.8) is 0 Å². The first kappa shape index (κ1) is 25.0. The fourth-order valence-electron chi connectivity index (χ4n) is 3.37. The summed E-state index contributed by atoms with van der Waals surface area (Å²) < 4.78 is 43.5. The number of nitrogens with zero attached hydrogens (tertiary/aromatic N) is 1. The summed E-state index contributed by atoms with van der Waals surface area (Å²) in [6, 6.07) is 12.1. The molecule has 9 heteroatoms. The lowest BCUT2D eigenvalue weighted by Crippen LogP contribution is -2.40.